The molecule has 0 bridgehead atoms. The normalized spacial score (nSPS) is 13.8. The topological polar surface area (TPSA) is 20.3 Å². The van der Waals surface area contributed by atoms with Gasteiger partial charge in [-0.1, -0.05) is 66.6 Å². The molecule has 2 nitrogen and oxygen atoms in total. The summed E-state index contributed by atoms with van der Waals surface area (Å²) in [4.78, 5) is 13.1. The van der Waals surface area contributed by atoms with Gasteiger partial charge in [-0.25, -0.2) is 0 Å². The van der Waals surface area contributed by atoms with Gasteiger partial charge in [0.1, 0.15) is 4.59 Å². The lowest BCUT2D eigenvalue weighted by Crippen LogP contribution is -2.24. The van der Waals surface area contributed by atoms with E-state index >= 15 is 0 Å². The second-order valence-corrected chi connectivity index (χ2v) is 15.2. The SMILES string of the molecule is CCCSP(=S)(Sc1ccccc1)N(CCC)C(C)=O. The molecular weight excluding hydrogens is 325 g/mol. The molecule has 1 unspecified atom stereocenters. The Balaban J connectivity index is 3.00. The highest BCUT2D eigenvalue weighted by atomic mass is 33.2. The van der Waals surface area contributed by atoms with Crippen molar-refractivity contribution in [2.24, 2.45) is 0 Å². The maximum absolute atomic E-state index is 12.0. The van der Waals surface area contributed by atoms with Crippen LogP contribution in [0.4, 0.5) is 0 Å². The lowest BCUT2D eigenvalue weighted by molar-refractivity contribution is -0.124. The minimum absolute atomic E-state index is 0.0993. The monoisotopic (exact) mass is 347 g/mol. The number of rotatable bonds is 8. The average Bonchev–Trinajstić information content (AvgIpc) is 2.43. The van der Waals surface area contributed by atoms with Crippen LogP contribution in [0.15, 0.2) is 35.2 Å². The summed E-state index contributed by atoms with van der Waals surface area (Å²) < 4.78 is -0.0592. The van der Waals surface area contributed by atoms with Gasteiger partial charge in [0, 0.05) is 24.1 Å². The smallest absolute Gasteiger partial charge is 0.224 e. The van der Waals surface area contributed by atoms with E-state index in [0.717, 1.165) is 30.0 Å². The third kappa shape index (κ3) is 5.44. The van der Waals surface area contributed by atoms with Crippen molar-refractivity contribution in [3.05, 3.63) is 30.3 Å². The first-order valence-electron chi connectivity index (χ1n) is 6.81. The molecular formula is C14H22NOPS3. The molecule has 1 atom stereocenters. The molecule has 0 fully saturated rings. The summed E-state index contributed by atoms with van der Waals surface area (Å²) in [6.07, 6.45) is 2.02. The van der Waals surface area contributed by atoms with Gasteiger partial charge in [-0.05, 0) is 25.0 Å². The highest BCUT2D eigenvalue weighted by Crippen LogP contribution is 2.73. The van der Waals surface area contributed by atoms with Crippen molar-refractivity contribution in [3.8, 4) is 0 Å². The van der Waals surface area contributed by atoms with Crippen molar-refractivity contribution in [1.82, 2.24) is 4.67 Å². The van der Waals surface area contributed by atoms with Crippen molar-refractivity contribution in [3.63, 3.8) is 0 Å². The molecule has 0 radical (unpaired) electrons. The Hall–Kier alpha value is 0.0400. The zero-order valence-corrected chi connectivity index (χ0v) is 15.6. The summed E-state index contributed by atoms with van der Waals surface area (Å²) in [6, 6.07) is 10.2. The minimum atomic E-state index is -1.99. The highest BCUT2D eigenvalue weighted by Gasteiger charge is 2.29. The number of hydrogen-bond acceptors (Lipinski definition) is 4. The third-order valence-electron chi connectivity index (χ3n) is 2.52. The van der Waals surface area contributed by atoms with E-state index in [2.05, 4.69) is 26.0 Å². The molecule has 1 amide bonds. The van der Waals surface area contributed by atoms with Crippen LogP contribution >= 0.6 is 27.4 Å². The maximum Gasteiger partial charge on any atom is 0.224 e. The summed E-state index contributed by atoms with van der Waals surface area (Å²) >= 11 is 9.44. The lowest BCUT2D eigenvalue weighted by atomic mass is 10.4. The second-order valence-electron chi connectivity index (χ2n) is 4.35. The van der Waals surface area contributed by atoms with Crippen LogP contribution in [0.5, 0.6) is 0 Å². The Morgan fingerprint density at radius 1 is 1.25 bits per heavy atom. The second kappa shape index (κ2) is 9.14. The van der Waals surface area contributed by atoms with Gasteiger partial charge in [0.05, 0.1) is 0 Å². The predicted octanol–water partition coefficient (Wildman–Crippen LogP) is 5.40. The van der Waals surface area contributed by atoms with Gasteiger partial charge in [0.15, 0.2) is 0 Å². The van der Waals surface area contributed by atoms with Gasteiger partial charge < -0.3 is 0 Å². The molecule has 6 heteroatoms. The Morgan fingerprint density at radius 2 is 1.90 bits per heavy atom. The molecule has 0 aliphatic carbocycles. The van der Waals surface area contributed by atoms with Gasteiger partial charge in [-0.15, -0.1) is 0 Å². The largest absolute Gasteiger partial charge is 0.299 e. The van der Waals surface area contributed by atoms with Crippen molar-refractivity contribution >= 4 is 45.1 Å². The summed E-state index contributed by atoms with van der Waals surface area (Å²) in [6.45, 7) is 6.63. The van der Waals surface area contributed by atoms with E-state index in [-0.39, 0.29) is 5.91 Å². The number of amides is 1. The first-order valence-corrected chi connectivity index (χ1v) is 12.6. The maximum atomic E-state index is 12.0. The molecule has 20 heavy (non-hydrogen) atoms. The van der Waals surface area contributed by atoms with Crippen LogP contribution < -0.4 is 0 Å². The van der Waals surface area contributed by atoms with Gasteiger partial charge in [-0.2, -0.15) is 0 Å². The predicted molar refractivity (Wildman–Crippen MR) is 97.0 cm³/mol. The number of carbonyl (C=O) groups is 1. The number of hydrogen-bond donors (Lipinski definition) is 0. The van der Waals surface area contributed by atoms with E-state index in [4.69, 9.17) is 11.8 Å². The summed E-state index contributed by atoms with van der Waals surface area (Å²) in [7, 11) is 0. The fourth-order valence-corrected chi connectivity index (χ4v) is 12.1. The standard InChI is InChI=1S/C14H22NOPS3/c1-4-11-15(13(3)16)17(18,19-12-5-2)20-14-9-7-6-8-10-14/h6-10H,4-5,11-12H2,1-3H3. The summed E-state index contributed by atoms with van der Waals surface area (Å²) in [5.74, 6) is 1.10. The average molecular weight is 348 g/mol. The number of nitrogens with zero attached hydrogens (tertiary/aromatic N) is 1. The first-order chi connectivity index (χ1) is 9.53. The van der Waals surface area contributed by atoms with E-state index in [9.17, 15) is 4.79 Å². The number of carbonyl (C=O) groups excluding carboxylic acids is 1. The molecule has 0 aliphatic rings. The quantitative estimate of drug-likeness (QED) is 0.586. The van der Waals surface area contributed by atoms with E-state index in [0.29, 0.717) is 0 Å². The Bertz CT molecular complexity index is 467. The highest BCUT2D eigenvalue weighted by molar-refractivity contribution is 8.99. The van der Waals surface area contributed by atoms with E-state index in [1.54, 1.807) is 29.7 Å². The molecule has 0 saturated heterocycles. The van der Waals surface area contributed by atoms with Gasteiger partial charge >= 0.3 is 0 Å². The number of benzene rings is 1. The van der Waals surface area contributed by atoms with Crippen molar-refractivity contribution in [2.75, 3.05) is 12.3 Å². The van der Waals surface area contributed by atoms with Crippen molar-refractivity contribution < 1.29 is 4.79 Å². The fourth-order valence-electron chi connectivity index (χ4n) is 1.63. The van der Waals surface area contributed by atoms with Crippen LogP contribution in [0.25, 0.3) is 0 Å². The molecule has 0 saturated carbocycles. The first kappa shape index (κ1) is 18.1. The zero-order chi connectivity index (χ0) is 15.0. The molecule has 0 spiro atoms. The molecule has 1 aromatic rings. The van der Waals surface area contributed by atoms with Crippen LogP contribution in [-0.2, 0) is 16.6 Å². The van der Waals surface area contributed by atoms with E-state index in [1.165, 1.54) is 0 Å². The zero-order valence-electron chi connectivity index (χ0n) is 12.2. The third-order valence-corrected chi connectivity index (χ3v) is 13.1. The van der Waals surface area contributed by atoms with Crippen LogP contribution in [0.2, 0.25) is 0 Å². The Kier molecular flexibility index (Phi) is 8.27. The van der Waals surface area contributed by atoms with E-state index < -0.39 is 4.59 Å². The van der Waals surface area contributed by atoms with Gasteiger partial charge in [-0.3, -0.25) is 9.46 Å². The molecule has 0 heterocycles. The van der Waals surface area contributed by atoms with Crippen LogP contribution in [0.3, 0.4) is 0 Å². The Labute approximate surface area is 135 Å². The Morgan fingerprint density at radius 3 is 2.40 bits per heavy atom. The van der Waals surface area contributed by atoms with Crippen LogP contribution in [0.1, 0.15) is 33.6 Å². The fraction of sp³-hybridized carbons (Fsp3) is 0.500. The van der Waals surface area contributed by atoms with Gasteiger partial charge in [0.25, 0.3) is 0 Å². The summed E-state index contributed by atoms with van der Waals surface area (Å²) in [5.41, 5.74) is 0. The summed E-state index contributed by atoms with van der Waals surface area (Å²) in [5, 5.41) is 0. The van der Waals surface area contributed by atoms with Crippen molar-refractivity contribution in [2.45, 2.75) is 38.5 Å². The molecule has 1 aromatic carbocycles. The molecule has 0 aromatic heterocycles. The minimum Gasteiger partial charge on any atom is -0.299 e. The molecule has 0 aliphatic heterocycles. The molecule has 1 rings (SSSR count). The van der Waals surface area contributed by atoms with Gasteiger partial charge in [0.2, 0.25) is 5.91 Å². The molecule has 0 N–H and O–H groups in total. The van der Waals surface area contributed by atoms with E-state index in [1.807, 2.05) is 22.9 Å². The van der Waals surface area contributed by atoms with Crippen molar-refractivity contribution in [1.29, 1.82) is 0 Å². The van der Waals surface area contributed by atoms with Crippen LogP contribution in [0, 0.1) is 0 Å². The molecule has 112 valence electrons. The van der Waals surface area contributed by atoms with Crippen LogP contribution in [-0.4, -0.2) is 22.9 Å². The lowest BCUT2D eigenvalue weighted by Gasteiger charge is -2.33.